The molecule has 3 N–H and O–H groups in total. The Hall–Kier alpha value is -1.88. The van der Waals surface area contributed by atoms with Gasteiger partial charge in [-0.3, -0.25) is 9.59 Å². The van der Waals surface area contributed by atoms with Crippen LogP contribution in [0.25, 0.3) is 0 Å². The Morgan fingerprint density at radius 3 is 2.71 bits per heavy atom. The fourth-order valence-corrected chi connectivity index (χ4v) is 2.55. The summed E-state index contributed by atoms with van der Waals surface area (Å²) in [7, 11) is 0. The SMILES string of the molecule is O=C(O)CCCCCNC(=O)C1Cc2ccccc2CN1. The first-order valence-electron chi connectivity index (χ1n) is 7.46. The molecule has 1 atom stereocenters. The highest BCUT2D eigenvalue weighted by Crippen LogP contribution is 2.16. The molecule has 0 spiro atoms. The smallest absolute Gasteiger partial charge is 0.303 e. The molecule has 1 heterocycles. The van der Waals surface area contributed by atoms with Crippen molar-refractivity contribution in [3.8, 4) is 0 Å². The van der Waals surface area contributed by atoms with Gasteiger partial charge in [0.25, 0.3) is 0 Å². The van der Waals surface area contributed by atoms with Crippen molar-refractivity contribution in [2.75, 3.05) is 6.54 Å². The van der Waals surface area contributed by atoms with Crippen LogP contribution in [0.15, 0.2) is 24.3 Å². The molecule has 21 heavy (non-hydrogen) atoms. The zero-order valence-electron chi connectivity index (χ0n) is 12.1. The third-order valence-electron chi connectivity index (χ3n) is 3.76. The molecule has 0 fully saturated rings. The van der Waals surface area contributed by atoms with E-state index in [1.165, 1.54) is 11.1 Å². The van der Waals surface area contributed by atoms with E-state index in [1.54, 1.807) is 0 Å². The van der Waals surface area contributed by atoms with E-state index in [-0.39, 0.29) is 18.4 Å². The van der Waals surface area contributed by atoms with E-state index in [9.17, 15) is 9.59 Å². The highest BCUT2D eigenvalue weighted by atomic mass is 16.4. The van der Waals surface area contributed by atoms with Crippen LogP contribution < -0.4 is 10.6 Å². The predicted octanol–water partition coefficient (Wildman–Crippen LogP) is 1.46. The zero-order chi connectivity index (χ0) is 15.1. The molecule has 1 unspecified atom stereocenters. The number of hydrogen-bond acceptors (Lipinski definition) is 3. The Morgan fingerprint density at radius 1 is 1.19 bits per heavy atom. The van der Waals surface area contributed by atoms with Crippen molar-refractivity contribution >= 4 is 11.9 Å². The van der Waals surface area contributed by atoms with Crippen molar-refractivity contribution in [1.29, 1.82) is 0 Å². The highest BCUT2D eigenvalue weighted by molar-refractivity contribution is 5.82. The van der Waals surface area contributed by atoms with Gasteiger partial charge in [-0.15, -0.1) is 0 Å². The molecule has 1 amide bonds. The maximum absolute atomic E-state index is 12.1. The van der Waals surface area contributed by atoms with Crippen LogP contribution in [0.4, 0.5) is 0 Å². The van der Waals surface area contributed by atoms with Crippen molar-refractivity contribution in [1.82, 2.24) is 10.6 Å². The van der Waals surface area contributed by atoms with Gasteiger partial charge in [-0.1, -0.05) is 30.7 Å². The second kappa shape index (κ2) is 7.78. The Morgan fingerprint density at radius 2 is 1.95 bits per heavy atom. The van der Waals surface area contributed by atoms with Gasteiger partial charge >= 0.3 is 5.97 Å². The first-order chi connectivity index (χ1) is 10.2. The van der Waals surface area contributed by atoms with E-state index in [0.717, 1.165) is 25.8 Å². The summed E-state index contributed by atoms with van der Waals surface area (Å²) in [4.78, 5) is 22.5. The quantitative estimate of drug-likeness (QED) is 0.664. The van der Waals surface area contributed by atoms with Crippen LogP contribution in [0.5, 0.6) is 0 Å². The number of rotatable bonds is 7. The second-order valence-corrected chi connectivity index (χ2v) is 5.40. The van der Waals surface area contributed by atoms with Crippen LogP contribution in [0, 0.1) is 0 Å². The molecule has 114 valence electrons. The van der Waals surface area contributed by atoms with Crippen molar-refractivity contribution < 1.29 is 14.7 Å². The van der Waals surface area contributed by atoms with Crippen LogP contribution in [-0.4, -0.2) is 29.6 Å². The number of carboxylic acids is 1. The van der Waals surface area contributed by atoms with Crippen LogP contribution in [-0.2, 0) is 22.6 Å². The molecule has 0 aliphatic carbocycles. The van der Waals surface area contributed by atoms with Crippen LogP contribution in [0.2, 0.25) is 0 Å². The maximum atomic E-state index is 12.1. The summed E-state index contributed by atoms with van der Waals surface area (Å²) in [6.45, 7) is 1.34. The number of aliphatic carboxylic acids is 1. The van der Waals surface area contributed by atoms with Gasteiger partial charge in [-0.2, -0.15) is 0 Å². The molecule has 5 heteroatoms. The van der Waals surface area contributed by atoms with E-state index in [2.05, 4.69) is 22.8 Å². The topological polar surface area (TPSA) is 78.4 Å². The van der Waals surface area contributed by atoms with Gasteiger partial charge in [0.2, 0.25) is 5.91 Å². The van der Waals surface area contributed by atoms with Gasteiger partial charge < -0.3 is 15.7 Å². The number of hydrogen-bond donors (Lipinski definition) is 3. The Labute approximate surface area is 124 Å². The molecule has 1 aliphatic rings. The lowest BCUT2D eigenvalue weighted by atomic mass is 9.95. The van der Waals surface area contributed by atoms with E-state index in [1.807, 2.05) is 12.1 Å². The summed E-state index contributed by atoms with van der Waals surface area (Å²) in [6.07, 6.45) is 3.24. The van der Waals surface area contributed by atoms with Crippen LogP contribution >= 0.6 is 0 Å². The molecule has 0 radical (unpaired) electrons. The van der Waals surface area contributed by atoms with Crippen LogP contribution in [0.3, 0.4) is 0 Å². The number of unbranched alkanes of at least 4 members (excludes halogenated alkanes) is 2. The first kappa shape index (κ1) is 15.5. The number of amides is 1. The second-order valence-electron chi connectivity index (χ2n) is 5.40. The minimum Gasteiger partial charge on any atom is -0.481 e. The molecule has 1 aromatic carbocycles. The number of carbonyl (C=O) groups excluding carboxylic acids is 1. The Bertz CT molecular complexity index is 502. The maximum Gasteiger partial charge on any atom is 0.303 e. The monoisotopic (exact) mass is 290 g/mol. The first-order valence-corrected chi connectivity index (χ1v) is 7.46. The molecular weight excluding hydrogens is 268 g/mol. The minimum atomic E-state index is -0.760. The fraction of sp³-hybridized carbons (Fsp3) is 0.500. The van der Waals surface area contributed by atoms with Gasteiger partial charge in [0.1, 0.15) is 0 Å². The standard InChI is InChI=1S/C16H22N2O3/c19-15(20)8-2-1-5-9-17-16(21)14-10-12-6-3-4-7-13(12)11-18-14/h3-4,6-7,14,18H,1-2,5,8-11H2,(H,17,21)(H,19,20). The van der Waals surface area contributed by atoms with E-state index in [0.29, 0.717) is 13.0 Å². The Kier molecular flexibility index (Phi) is 5.75. The molecular formula is C16H22N2O3. The fourth-order valence-electron chi connectivity index (χ4n) is 2.55. The number of carbonyl (C=O) groups is 2. The minimum absolute atomic E-state index is 0.0303. The average Bonchev–Trinajstić information content (AvgIpc) is 2.49. The van der Waals surface area contributed by atoms with E-state index < -0.39 is 5.97 Å². The van der Waals surface area contributed by atoms with Gasteiger partial charge in [0.05, 0.1) is 6.04 Å². The van der Waals surface area contributed by atoms with Crippen molar-refractivity contribution in [2.24, 2.45) is 0 Å². The number of nitrogens with one attached hydrogen (secondary N) is 2. The van der Waals surface area contributed by atoms with Gasteiger partial charge in [-0.05, 0) is 30.4 Å². The van der Waals surface area contributed by atoms with Gasteiger partial charge in [0.15, 0.2) is 0 Å². The van der Waals surface area contributed by atoms with Gasteiger partial charge in [-0.25, -0.2) is 0 Å². The van der Waals surface area contributed by atoms with Gasteiger partial charge in [0, 0.05) is 19.5 Å². The largest absolute Gasteiger partial charge is 0.481 e. The molecule has 2 rings (SSSR count). The van der Waals surface area contributed by atoms with Crippen molar-refractivity contribution in [3.63, 3.8) is 0 Å². The van der Waals surface area contributed by atoms with E-state index >= 15 is 0 Å². The highest BCUT2D eigenvalue weighted by Gasteiger charge is 2.23. The number of fused-ring (bicyclic) bond motifs is 1. The lowest BCUT2D eigenvalue weighted by Gasteiger charge is -2.25. The molecule has 1 aliphatic heterocycles. The summed E-state index contributed by atoms with van der Waals surface area (Å²) in [5.41, 5.74) is 2.49. The third kappa shape index (κ3) is 4.86. The summed E-state index contributed by atoms with van der Waals surface area (Å²) >= 11 is 0. The van der Waals surface area contributed by atoms with Crippen LogP contribution in [0.1, 0.15) is 36.8 Å². The number of carboxylic acid groups (broad SMARTS) is 1. The molecule has 0 saturated heterocycles. The lowest BCUT2D eigenvalue weighted by molar-refractivity contribution is -0.137. The predicted molar refractivity (Wildman–Crippen MR) is 79.9 cm³/mol. The summed E-state index contributed by atoms with van der Waals surface area (Å²) in [6, 6.07) is 8.00. The lowest BCUT2D eigenvalue weighted by Crippen LogP contribution is -2.47. The molecule has 5 nitrogen and oxygen atoms in total. The third-order valence-corrected chi connectivity index (χ3v) is 3.76. The summed E-state index contributed by atoms with van der Waals surface area (Å²) < 4.78 is 0. The molecule has 0 aromatic heterocycles. The zero-order valence-corrected chi connectivity index (χ0v) is 12.1. The normalized spacial score (nSPS) is 17.0. The van der Waals surface area contributed by atoms with Crippen molar-refractivity contribution in [2.45, 2.75) is 44.7 Å². The molecule has 0 bridgehead atoms. The summed E-state index contributed by atoms with van der Waals surface area (Å²) in [5, 5.41) is 14.7. The van der Waals surface area contributed by atoms with E-state index in [4.69, 9.17) is 5.11 Å². The van der Waals surface area contributed by atoms with Crippen molar-refractivity contribution in [3.05, 3.63) is 35.4 Å². The summed E-state index contributed by atoms with van der Waals surface area (Å²) in [5.74, 6) is -0.730. The molecule has 0 saturated carbocycles. The average molecular weight is 290 g/mol. The molecule has 1 aromatic rings. The Balaban J connectivity index is 1.67. The number of benzene rings is 1.